The van der Waals surface area contributed by atoms with Gasteiger partial charge in [0, 0.05) is 22.1 Å². The molecule has 0 saturated carbocycles. The third-order valence-corrected chi connectivity index (χ3v) is 11.8. The molecule has 244 valence electrons. The van der Waals surface area contributed by atoms with E-state index in [1.165, 1.54) is 66.8 Å². The van der Waals surface area contributed by atoms with E-state index in [4.69, 9.17) is 15.0 Å². The molecule has 8 aromatic rings. The van der Waals surface area contributed by atoms with E-state index in [0.29, 0.717) is 17.5 Å². The molecule has 0 N–H and O–H groups in total. The Morgan fingerprint density at radius 2 is 0.673 bits per heavy atom. The van der Waals surface area contributed by atoms with Gasteiger partial charge in [0.25, 0.3) is 0 Å². The van der Waals surface area contributed by atoms with E-state index in [1.54, 1.807) is 0 Å². The Morgan fingerprint density at radius 3 is 1.19 bits per heavy atom. The molecule has 0 fully saturated rings. The molecule has 0 aliphatic heterocycles. The van der Waals surface area contributed by atoms with Gasteiger partial charge in [0.2, 0.25) is 0 Å². The van der Waals surface area contributed by atoms with Crippen LogP contribution in [0.4, 0.5) is 0 Å². The highest BCUT2D eigenvalue weighted by Gasteiger charge is 2.51. The molecule has 3 nitrogen and oxygen atoms in total. The molecule has 1 aromatic heterocycles. The third-order valence-electron chi connectivity index (χ3n) is 11.8. The highest BCUT2D eigenvalue weighted by Crippen LogP contribution is 2.63. The van der Waals surface area contributed by atoms with Gasteiger partial charge in [-0.25, -0.2) is 15.0 Å². The van der Waals surface area contributed by atoms with Crippen LogP contribution in [0.25, 0.3) is 67.5 Å². The minimum absolute atomic E-state index is 0.128. The average Bonchev–Trinajstić information content (AvgIpc) is 3.76. The first-order valence-corrected chi connectivity index (χ1v) is 18.0. The normalized spacial score (nSPS) is 14.7. The van der Waals surface area contributed by atoms with E-state index in [0.717, 1.165) is 16.7 Å². The second kappa shape index (κ2) is 10.5. The first-order chi connectivity index (χ1) is 25.5. The highest BCUT2D eigenvalue weighted by molar-refractivity contribution is 5.95. The van der Waals surface area contributed by atoms with Gasteiger partial charge < -0.3 is 0 Å². The summed E-state index contributed by atoms with van der Waals surface area (Å²) in [4.78, 5) is 15.6. The minimum Gasteiger partial charge on any atom is -0.208 e. The number of rotatable bonds is 3. The number of aromatic nitrogens is 3. The van der Waals surface area contributed by atoms with Gasteiger partial charge >= 0.3 is 0 Å². The zero-order valence-corrected chi connectivity index (χ0v) is 28.9. The standard InChI is InChI=1S/C49H33N3/c1-48(2)39-20-10-6-16-33(39)37-26-24-31(28-43(37)48)46-50-45(30-14-4-3-5-15-30)51-47(52-46)32-25-27-38-36-19-9-13-23-42(36)49(44(38)29-32)40-21-11-7-17-34(40)35-18-8-12-22-41(35)49/h3-29H,1-2H3. The summed E-state index contributed by atoms with van der Waals surface area (Å²) in [6, 6.07) is 59.3. The molecule has 0 atom stereocenters. The quantitative estimate of drug-likeness (QED) is 0.189. The molecule has 3 heteroatoms. The van der Waals surface area contributed by atoms with Gasteiger partial charge in [-0.05, 0) is 78.9 Å². The molecule has 0 amide bonds. The van der Waals surface area contributed by atoms with Crippen molar-refractivity contribution in [2.75, 3.05) is 0 Å². The van der Waals surface area contributed by atoms with Gasteiger partial charge in [-0.2, -0.15) is 0 Å². The van der Waals surface area contributed by atoms with Crippen LogP contribution in [-0.2, 0) is 10.8 Å². The lowest BCUT2D eigenvalue weighted by Crippen LogP contribution is -2.25. The van der Waals surface area contributed by atoms with Gasteiger partial charge in [-0.15, -0.1) is 0 Å². The van der Waals surface area contributed by atoms with Crippen molar-refractivity contribution in [2.24, 2.45) is 0 Å². The Balaban J connectivity index is 1.14. The largest absolute Gasteiger partial charge is 0.208 e. The predicted molar refractivity (Wildman–Crippen MR) is 210 cm³/mol. The monoisotopic (exact) mass is 663 g/mol. The van der Waals surface area contributed by atoms with Gasteiger partial charge in [-0.3, -0.25) is 0 Å². The lowest BCUT2D eigenvalue weighted by atomic mass is 9.70. The fourth-order valence-electron chi connectivity index (χ4n) is 9.43. The molecular formula is C49H33N3. The molecular weight excluding hydrogens is 631 g/mol. The van der Waals surface area contributed by atoms with E-state index < -0.39 is 5.41 Å². The van der Waals surface area contributed by atoms with Gasteiger partial charge in [-0.1, -0.05) is 166 Å². The fraction of sp³-hybridized carbons (Fsp3) is 0.0816. The Labute approximate surface area is 303 Å². The Kier molecular flexibility index (Phi) is 5.94. The maximum Gasteiger partial charge on any atom is 0.164 e. The van der Waals surface area contributed by atoms with Gasteiger partial charge in [0.1, 0.15) is 0 Å². The van der Waals surface area contributed by atoms with Crippen LogP contribution in [-0.4, -0.2) is 15.0 Å². The Morgan fingerprint density at radius 1 is 0.308 bits per heavy atom. The van der Waals surface area contributed by atoms with Crippen molar-refractivity contribution in [3.8, 4) is 67.5 Å². The molecule has 0 unspecified atom stereocenters. The number of hydrogen-bond acceptors (Lipinski definition) is 3. The fourth-order valence-corrected chi connectivity index (χ4v) is 9.43. The van der Waals surface area contributed by atoms with E-state index in [2.05, 4.69) is 159 Å². The topological polar surface area (TPSA) is 38.7 Å². The van der Waals surface area contributed by atoms with Crippen LogP contribution in [0.5, 0.6) is 0 Å². The predicted octanol–water partition coefficient (Wildman–Crippen LogP) is 11.5. The smallest absolute Gasteiger partial charge is 0.164 e. The molecule has 1 heterocycles. The van der Waals surface area contributed by atoms with E-state index >= 15 is 0 Å². The second-order valence-corrected chi connectivity index (χ2v) is 14.8. The molecule has 0 saturated heterocycles. The van der Waals surface area contributed by atoms with Crippen LogP contribution >= 0.6 is 0 Å². The zero-order valence-electron chi connectivity index (χ0n) is 28.9. The van der Waals surface area contributed by atoms with Crippen molar-refractivity contribution in [1.29, 1.82) is 0 Å². The number of fused-ring (bicyclic) bond motifs is 13. The van der Waals surface area contributed by atoms with Crippen molar-refractivity contribution in [3.63, 3.8) is 0 Å². The first-order valence-electron chi connectivity index (χ1n) is 18.0. The van der Waals surface area contributed by atoms with Crippen LogP contribution in [0.3, 0.4) is 0 Å². The summed E-state index contributed by atoms with van der Waals surface area (Å²) in [5.41, 5.74) is 17.9. The maximum absolute atomic E-state index is 5.28. The zero-order chi connectivity index (χ0) is 34.6. The van der Waals surface area contributed by atoms with Gasteiger partial charge in [0.05, 0.1) is 5.41 Å². The van der Waals surface area contributed by atoms with Crippen molar-refractivity contribution < 1.29 is 0 Å². The van der Waals surface area contributed by atoms with E-state index in [9.17, 15) is 0 Å². The average molecular weight is 664 g/mol. The van der Waals surface area contributed by atoms with E-state index in [1.807, 2.05) is 18.2 Å². The summed E-state index contributed by atoms with van der Waals surface area (Å²) in [5, 5.41) is 0. The van der Waals surface area contributed by atoms with E-state index in [-0.39, 0.29) is 5.41 Å². The summed E-state index contributed by atoms with van der Waals surface area (Å²) in [7, 11) is 0. The number of benzene rings is 7. The molecule has 3 aliphatic rings. The Hall–Kier alpha value is -6.45. The van der Waals surface area contributed by atoms with Crippen LogP contribution in [0, 0.1) is 0 Å². The maximum atomic E-state index is 5.28. The van der Waals surface area contributed by atoms with Gasteiger partial charge in [0.15, 0.2) is 17.5 Å². The SMILES string of the molecule is CC1(C)c2ccccc2-c2ccc(-c3nc(-c4ccccc4)nc(-c4ccc5c(c4)C4(c6ccccc6-c6ccccc64)c4ccccc4-5)n3)cc21. The molecule has 0 radical (unpaired) electrons. The van der Waals surface area contributed by atoms with Crippen molar-refractivity contribution >= 4 is 0 Å². The number of nitrogens with zero attached hydrogens (tertiary/aromatic N) is 3. The van der Waals surface area contributed by atoms with Crippen LogP contribution in [0.1, 0.15) is 47.2 Å². The lowest BCUT2D eigenvalue weighted by molar-refractivity contribution is 0.660. The second-order valence-electron chi connectivity index (χ2n) is 14.8. The minimum atomic E-state index is -0.437. The summed E-state index contributed by atoms with van der Waals surface area (Å²) in [6.07, 6.45) is 0. The summed E-state index contributed by atoms with van der Waals surface area (Å²) in [5.74, 6) is 2.01. The molecule has 1 spiro atoms. The lowest BCUT2D eigenvalue weighted by Gasteiger charge is -2.30. The highest BCUT2D eigenvalue weighted by atomic mass is 15.0. The summed E-state index contributed by atoms with van der Waals surface area (Å²) < 4.78 is 0. The molecule has 7 aromatic carbocycles. The molecule has 0 bridgehead atoms. The van der Waals surface area contributed by atoms with Crippen molar-refractivity contribution in [1.82, 2.24) is 15.0 Å². The van der Waals surface area contributed by atoms with Crippen LogP contribution in [0.15, 0.2) is 164 Å². The molecule has 11 rings (SSSR count). The van der Waals surface area contributed by atoms with Crippen LogP contribution < -0.4 is 0 Å². The molecule has 3 aliphatic carbocycles. The first kappa shape index (κ1) is 29.3. The van der Waals surface area contributed by atoms with Crippen LogP contribution in [0.2, 0.25) is 0 Å². The van der Waals surface area contributed by atoms with Crippen molar-refractivity contribution in [2.45, 2.75) is 24.7 Å². The third kappa shape index (κ3) is 3.83. The van der Waals surface area contributed by atoms with Crippen molar-refractivity contribution in [3.05, 3.63) is 197 Å². The summed E-state index contributed by atoms with van der Waals surface area (Å²) in [6.45, 7) is 4.63. The number of hydrogen-bond donors (Lipinski definition) is 0. The molecule has 52 heavy (non-hydrogen) atoms. The Bertz CT molecular complexity index is 2710. The summed E-state index contributed by atoms with van der Waals surface area (Å²) >= 11 is 0.